The van der Waals surface area contributed by atoms with Crippen molar-refractivity contribution in [1.29, 1.82) is 0 Å². The van der Waals surface area contributed by atoms with Crippen LogP contribution in [-0.2, 0) is 4.79 Å². The first-order valence-corrected chi connectivity index (χ1v) is 3.49. The molecule has 0 rings (SSSR count). The second-order valence-electron chi connectivity index (χ2n) is 1.90. The lowest BCUT2D eigenvalue weighted by Gasteiger charge is -2.01. The van der Waals surface area contributed by atoms with Crippen LogP contribution in [-0.4, -0.2) is 22.9 Å². The molecule has 0 heterocycles. The number of halogens is 1. The van der Waals surface area contributed by atoms with Gasteiger partial charge >= 0.3 is 0 Å². The van der Waals surface area contributed by atoms with Crippen LogP contribution in [0.2, 0.25) is 0 Å². The number of carbonyl (C=O) groups excluding carboxylic acids is 1. The molecule has 0 radical (unpaired) electrons. The fraction of sp³-hybridized carbons (Fsp3) is 0.833. The molecule has 1 unspecified atom stereocenters. The Morgan fingerprint density at radius 2 is 2.33 bits per heavy atom. The summed E-state index contributed by atoms with van der Waals surface area (Å²) in [6.45, 7) is 1.77. The number of aliphatic hydroxyl groups is 1. The molecule has 0 spiro atoms. The minimum absolute atomic E-state index is 0.0585. The topological polar surface area (TPSA) is 37.3 Å². The lowest BCUT2D eigenvalue weighted by Crippen LogP contribution is -2.13. The first kappa shape index (κ1) is 8.92. The van der Waals surface area contributed by atoms with Gasteiger partial charge in [0, 0.05) is 18.7 Å². The molecule has 0 bridgehead atoms. The standard InChI is InChI=1S/C6H11ClO2/c1-2-5(8)3-6(9)4-7/h6,9H,2-4H2,1H3. The molecule has 1 N–H and O–H groups in total. The van der Waals surface area contributed by atoms with E-state index in [1.165, 1.54) is 0 Å². The first-order chi connectivity index (χ1) is 4.20. The molecule has 0 saturated carbocycles. The lowest BCUT2D eigenvalue weighted by molar-refractivity contribution is -0.120. The summed E-state index contributed by atoms with van der Waals surface area (Å²) in [5.74, 6) is 0.203. The van der Waals surface area contributed by atoms with Crippen molar-refractivity contribution in [1.82, 2.24) is 0 Å². The van der Waals surface area contributed by atoms with Crippen LogP contribution in [0.4, 0.5) is 0 Å². The Hall–Kier alpha value is -0.0800. The Morgan fingerprint density at radius 1 is 1.78 bits per heavy atom. The molecule has 2 nitrogen and oxygen atoms in total. The minimum atomic E-state index is -0.654. The van der Waals surface area contributed by atoms with E-state index in [0.29, 0.717) is 6.42 Å². The van der Waals surface area contributed by atoms with Gasteiger partial charge in [0.2, 0.25) is 0 Å². The van der Waals surface area contributed by atoms with Crippen molar-refractivity contribution in [2.45, 2.75) is 25.9 Å². The number of alkyl halides is 1. The van der Waals surface area contributed by atoms with E-state index < -0.39 is 6.10 Å². The molecule has 0 aliphatic carbocycles. The molecule has 0 amide bonds. The Morgan fingerprint density at radius 3 is 2.67 bits per heavy atom. The van der Waals surface area contributed by atoms with Crippen LogP contribution in [0.15, 0.2) is 0 Å². The minimum Gasteiger partial charge on any atom is -0.391 e. The third-order valence-electron chi connectivity index (χ3n) is 1.04. The highest BCUT2D eigenvalue weighted by Gasteiger charge is 2.06. The van der Waals surface area contributed by atoms with Gasteiger partial charge in [-0.25, -0.2) is 0 Å². The van der Waals surface area contributed by atoms with Gasteiger partial charge in [-0.05, 0) is 0 Å². The molecule has 0 aliphatic heterocycles. The number of carbonyl (C=O) groups is 1. The van der Waals surface area contributed by atoms with Crippen LogP contribution in [0.25, 0.3) is 0 Å². The summed E-state index contributed by atoms with van der Waals surface area (Å²) in [6, 6.07) is 0. The van der Waals surface area contributed by atoms with E-state index >= 15 is 0 Å². The third kappa shape index (κ3) is 4.43. The summed E-state index contributed by atoms with van der Waals surface area (Å²) in [5.41, 5.74) is 0. The van der Waals surface area contributed by atoms with Crippen molar-refractivity contribution < 1.29 is 9.90 Å². The molecular formula is C6H11ClO2. The molecule has 3 heteroatoms. The maximum absolute atomic E-state index is 10.6. The van der Waals surface area contributed by atoms with Crippen molar-refractivity contribution in [3.05, 3.63) is 0 Å². The maximum Gasteiger partial charge on any atom is 0.135 e. The van der Waals surface area contributed by atoms with Crippen molar-refractivity contribution in [2.75, 3.05) is 5.88 Å². The molecule has 0 fully saturated rings. The van der Waals surface area contributed by atoms with Gasteiger partial charge in [-0.2, -0.15) is 0 Å². The van der Waals surface area contributed by atoms with Crippen LogP contribution < -0.4 is 0 Å². The van der Waals surface area contributed by atoms with Crippen LogP contribution >= 0.6 is 11.6 Å². The highest BCUT2D eigenvalue weighted by atomic mass is 35.5. The smallest absolute Gasteiger partial charge is 0.135 e. The normalized spacial score (nSPS) is 13.2. The highest BCUT2D eigenvalue weighted by Crippen LogP contribution is 1.97. The van der Waals surface area contributed by atoms with E-state index in [2.05, 4.69) is 0 Å². The van der Waals surface area contributed by atoms with Crippen molar-refractivity contribution in [3.8, 4) is 0 Å². The molecule has 9 heavy (non-hydrogen) atoms. The summed E-state index contributed by atoms with van der Waals surface area (Å²) in [4.78, 5) is 10.6. The van der Waals surface area contributed by atoms with Gasteiger partial charge in [0.15, 0.2) is 0 Å². The number of hydrogen-bond acceptors (Lipinski definition) is 2. The van der Waals surface area contributed by atoms with E-state index in [4.69, 9.17) is 16.7 Å². The second-order valence-corrected chi connectivity index (χ2v) is 2.21. The molecule has 0 aromatic heterocycles. The average molecular weight is 151 g/mol. The van der Waals surface area contributed by atoms with Crippen molar-refractivity contribution >= 4 is 17.4 Å². The van der Waals surface area contributed by atoms with Crippen molar-refractivity contribution in [2.24, 2.45) is 0 Å². The highest BCUT2D eigenvalue weighted by molar-refractivity contribution is 6.18. The van der Waals surface area contributed by atoms with Crippen molar-refractivity contribution in [3.63, 3.8) is 0 Å². The number of rotatable bonds is 4. The second kappa shape index (κ2) is 4.77. The molecule has 0 aromatic carbocycles. The summed E-state index contributed by atoms with van der Waals surface area (Å²) in [6.07, 6.45) is 0.0210. The Labute approximate surface area is 59.8 Å². The SMILES string of the molecule is CCC(=O)CC(O)CCl. The zero-order valence-electron chi connectivity index (χ0n) is 5.43. The predicted octanol–water partition coefficient (Wildman–Crippen LogP) is 0.955. The van der Waals surface area contributed by atoms with Crippen LogP contribution in [0, 0.1) is 0 Å². The van der Waals surface area contributed by atoms with E-state index in [1.54, 1.807) is 6.92 Å². The quantitative estimate of drug-likeness (QED) is 0.606. The van der Waals surface area contributed by atoms with E-state index in [0.717, 1.165) is 0 Å². The van der Waals surface area contributed by atoms with Gasteiger partial charge in [-0.1, -0.05) is 6.92 Å². The van der Waals surface area contributed by atoms with Gasteiger partial charge in [0.1, 0.15) is 5.78 Å². The van der Waals surface area contributed by atoms with Crippen LogP contribution in [0.1, 0.15) is 19.8 Å². The van der Waals surface area contributed by atoms with Gasteiger partial charge in [-0.15, -0.1) is 11.6 Å². The molecule has 0 saturated heterocycles. The number of Topliss-reactive ketones (excluding diaryl/α,β-unsaturated/α-hetero) is 1. The maximum atomic E-state index is 10.6. The van der Waals surface area contributed by atoms with Gasteiger partial charge in [0.05, 0.1) is 6.10 Å². The van der Waals surface area contributed by atoms with E-state index in [9.17, 15) is 4.79 Å². The zero-order chi connectivity index (χ0) is 7.28. The Kier molecular flexibility index (Phi) is 4.72. The van der Waals surface area contributed by atoms with E-state index in [1.807, 2.05) is 0 Å². The molecule has 54 valence electrons. The van der Waals surface area contributed by atoms with E-state index in [-0.39, 0.29) is 18.1 Å². The fourth-order valence-corrected chi connectivity index (χ4v) is 0.571. The van der Waals surface area contributed by atoms with Crippen LogP contribution in [0.3, 0.4) is 0 Å². The zero-order valence-corrected chi connectivity index (χ0v) is 6.19. The lowest BCUT2D eigenvalue weighted by atomic mass is 10.2. The largest absolute Gasteiger partial charge is 0.391 e. The number of ketones is 1. The van der Waals surface area contributed by atoms with Gasteiger partial charge in [-0.3, -0.25) is 4.79 Å². The Bertz CT molecular complexity index is 93.1. The molecular weight excluding hydrogens is 140 g/mol. The fourth-order valence-electron chi connectivity index (χ4n) is 0.462. The summed E-state index contributed by atoms with van der Waals surface area (Å²) < 4.78 is 0. The first-order valence-electron chi connectivity index (χ1n) is 2.96. The summed E-state index contributed by atoms with van der Waals surface area (Å²) >= 11 is 5.25. The molecule has 0 aromatic rings. The average Bonchev–Trinajstić information content (AvgIpc) is 1.87. The number of hydrogen-bond donors (Lipinski definition) is 1. The molecule has 0 aliphatic rings. The van der Waals surface area contributed by atoms with Gasteiger partial charge in [0.25, 0.3) is 0 Å². The van der Waals surface area contributed by atoms with Gasteiger partial charge < -0.3 is 5.11 Å². The summed E-state index contributed by atoms with van der Waals surface area (Å²) in [7, 11) is 0. The molecule has 1 atom stereocenters. The number of aliphatic hydroxyl groups excluding tert-OH is 1. The van der Waals surface area contributed by atoms with Crippen LogP contribution in [0.5, 0.6) is 0 Å². The predicted molar refractivity (Wildman–Crippen MR) is 36.6 cm³/mol. The third-order valence-corrected chi connectivity index (χ3v) is 1.39. The monoisotopic (exact) mass is 150 g/mol. The summed E-state index contributed by atoms with van der Waals surface area (Å²) in [5, 5.41) is 8.81. The Balaban J connectivity index is 3.34.